The summed E-state index contributed by atoms with van der Waals surface area (Å²) in [5.74, 6) is -0.129. The summed E-state index contributed by atoms with van der Waals surface area (Å²) >= 11 is 5.48. The first-order chi connectivity index (χ1) is 15.4. The van der Waals surface area contributed by atoms with Crippen LogP contribution in [0.3, 0.4) is 0 Å². The van der Waals surface area contributed by atoms with Crippen molar-refractivity contribution in [3.63, 3.8) is 0 Å². The number of anilines is 2. The number of halogens is 3. The first-order valence-electron chi connectivity index (χ1n) is 9.73. The second kappa shape index (κ2) is 8.97. The van der Waals surface area contributed by atoms with Crippen LogP contribution in [0.25, 0.3) is 0 Å². The molecule has 0 radical (unpaired) electrons. The van der Waals surface area contributed by atoms with Crippen LogP contribution in [0.15, 0.2) is 42.5 Å². The molecule has 0 saturated carbocycles. The number of ether oxygens (including phenoxy) is 1. The number of carbonyl (C=O) groups is 1. The third kappa shape index (κ3) is 4.64. The van der Waals surface area contributed by atoms with Crippen LogP contribution in [0.5, 0.6) is 5.75 Å². The summed E-state index contributed by atoms with van der Waals surface area (Å²) in [6.07, 6.45) is -5.81. The number of alkyl halides is 3. The van der Waals surface area contributed by atoms with Crippen molar-refractivity contribution >= 4 is 34.6 Å². The molecule has 1 aliphatic heterocycles. The van der Waals surface area contributed by atoms with E-state index in [4.69, 9.17) is 27.3 Å². The van der Waals surface area contributed by atoms with E-state index in [1.54, 1.807) is 38.1 Å². The lowest BCUT2D eigenvalue weighted by Crippen LogP contribution is -2.44. The van der Waals surface area contributed by atoms with Gasteiger partial charge in [0.1, 0.15) is 24.0 Å². The van der Waals surface area contributed by atoms with Crippen molar-refractivity contribution in [1.82, 2.24) is 0 Å². The molecule has 0 spiro atoms. The molecule has 1 fully saturated rings. The Morgan fingerprint density at radius 3 is 2.33 bits per heavy atom. The van der Waals surface area contributed by atoms with Gasteiger partial charge in [-0.2, -0.15) is 18.4 Å². The molecular formula is C22H20F3N3O4S. The van der Waals surface area contributed by atoms with Crippen molar-refractivity contribution in [3.05, 3.63) is 53.6 Å². The summed E-state index contributed by atoms with van der Waals surface area (Å²) in [4.78, 5) is 15.7. The van der Waals surface area contributed by atoms with Gasteiger partial charge in [-0.1, -0.05) is 0 Å². The third-order valence-corrected chi connectivity index (χ3v) is 5.47. The van der Waals surface area contributed by atoms with Crippen LogP contribution in [0.1, 0.15) is 25.0 Å². The van der Waals surface area contributed by atoms with E-state index in [0.717, 1.165) is 17.0 Å². The largest absolute Gasteiger partial charge is 0.491 e. The highest BCUT2D eigenvalue weighted by Gasteiger charge is 2.50. The van der Waals surface area contributed by atoms with Gasteiger partial charge < -0.3 is 19.8 Å². The maximum atomic E-state index is 13.4. The average molecular weight is 479 g/mol. The number of thiocarbonyl (C=S) groups is 1. The maximum absolute atomic E-state index is 13.4. The molecule has 2 N–H and O–H groups in total. The molecule has 2 aromatic rings. The van der Waals surface area contributed by atoms with Gasteiger partial charge >= 0.3 is 6.18 Å². The summed E-state index contributed by atoms with van der Waals surface area (Å²) in [6.45, 7) is 2.63. The first-order valence-corrected chi connectivity index (χ1v) is 10.1. The molecule has 11 heteroatoms. The molecule has 0 unspecified atom stereocenters. The van der Waals surface area contributed by atoms with Crippen molar-refractivity contribution in [1.29, 1.82) is 5.26 Å². The number of benzene rings is 2. The minimum Gasteiger partial charge on any atom is -0.491 e. The van der Waals surface area contributed by atoms with E-state index < -0.39 is 41.5 Å². The molecule has 174 valence electrons. The number of aliphatic hydroxyl groups excluding tert-OH is 2. The molecular weight excluding hydrogens is 459 g/mol. The average Bonchev–Trinajstić information content (AvgIpc) is 2.95. The second-order valence-corrected chi connectivity index (χ2v) is 8.16. The summed E-state index contributed by atoms with van der Waals surface area (Å²) in [7, 11) is 0. The fourth-order valence-electron chi connectivity index (χ4n) is 3.40. The van der Waals surface area contributed by atoms with Crippen LogP contribution in [0.4, 0.5) is 24.5 Å². The SMILES string of the molecule is CC1(C)C(=O)N(c2ccc(C#N)c(C(F)(F)F)c2)C(=S)N1c1ccc(OC[C@@H](O)CO)cc1. The zero-order chi connectivity index (χ0) is 24.6. The zero-order valence-electron chi connectivity index (χ0n) is 17.6. The van der Waals surface area contributed by atoms with Crippen molar-refractivity contribution in [2.75, 3.05) is 23.0 Å². The number of rotatable bonds is 6. The Bertz CT molecular complexity index is 1110. The highest BCUT2D eigenvalue weighted by molar-refractivity contribution is 7.81. The number of hydrogen-bond acceptors (Lipinski definition) is 6. The Labute approximate surface area is 193 Å². The van der Waals surface area contributed by atoms with Gasteiger partial charge in [0.05, 0.1) is 29.5 Å². The number of carbonyl (C=O) groups excluding carboxylic acids is 1. The molecule has 7 nitrogen and oxygen atoms in total. The van der Waals surface area contributed by atoms with E-state index in [9.17, 15) is 23.1 Å². The van der Waals surface area contributed by atoms with Gasteiger partial charge in [0.2, 0.25) is 0 Å². The summed E-state index contributed by atoms with van der Waals surface area (Å²) in [5, 5.41) is 27.2. The molecule has 1 saturated heterocycles. The molecule has 1 amide bonds. The van der Waals surface area contributed by atoms with Crippen LogP contribution in [-0.2, 0) is 11.0 Å². The Balaban J connectivity index is 1.95. The maximum Gasteiger partial charge on any atom is 0.417 e. The molecule has 1 atom stereocenters. The molecule has 2 aromatic carbocycles. The van der Waals surface area contributed by atoms with E-state index in [2.05, 4.69) is 0 Å². The molecule has 0 aromatic heterocycles. The van der Waals surface area contributed by atoms with E-state index >= 15 is 0 Å². The fourth-order valence-corrected chi connectivity index (χ4v) is 3.92. The molecule has 3 rings (SSSR count). The standard InChI is InChI=1S/C22H20F3N3O4S/c1-21(2)19(31)27(15-4-3-13(10-26)18(9-15)22(23,24)25)20(33)28(21)14-5-7-17(8-6-14)32-12-16(30)11-29/h3-9,16,29-30H,11-12H2,1-2H3/t16-/m0/s1. The van der Waals surface area contributed by atoms with Gasteiger partial charge in [-0.25, -0.2) is 0 Å². The number of nitriles is 1. The van der Waals surface area contributed by atoms with Gasteiger partial charge in [0, 0.05) is 5.69 Å². The molecule has 1 heterocycles. The number of nitrogens with zero attached hydrogens (tertiary/aromatic N) is 3. The van der Waals surface area contributed by atoms with Crippen molar-refractivity contribution in [2.45, 2.75) is 31.7 Å². The highest BCUT2D eigenvalue weighted by Crippen LogP contribution is 2.39. The zero-order valence-corrected chi connectivity index (χ0v) is 18.4. The van der Waals surface area contributed by atoms with Crippen LogP contribution in [0, 0.1) is 11.3 Å². The fraction of sp³-hybridized carbons (Fsp3) is 0.318. The predicted molar refractivity (Wildman–Crippen MR) is 118 cm³/mol. The van der Waals surface area contributed by atoms with Gasteiger partial charge in [0.15, 0.2) is 5.11 Å². The Morgan fingerprint density at radius 1 is 1.18 bits per heavy atom. The van der Waals surface area contributed by atoms with Gasteiger partial charge in [0.25, 0.3) is 5.91 Å². The molecule has 1 aliphatic rings. The van der Waals surface area contributed by atoms with Crippen molar-refractivity contribution in [3.8, 4) is 11.8 Å². The summed E-state index contributed by atoms with van der Waals surface area (Å²) in [5.41, 5.74) is -2.51. The van der Waals surface area contributed by atoms with E-state index in [1.807, 2.05) is 0 Å². The Hall–Kier alpha value is -3.20. The molecule has 0 aliphatic carbocycles. The van der Waals surface area contributed by atoms with Crippen LogP contribution in [-0.4, -0.2) is 46.1 Å². The Morgan fingerprint density at radius 2 is 1.79 bits per heavy atom. The van der Waals surface area contributed by atoms with E-state index in [-0.39, 0.29) is 17.4 Å². The Kier molecular flexibility index (Phi) is 6.65. The van der Waals surface area contributed by atoms with Gasteiger partial charge in [-0.05, 0) is 68.5 Å². The first kappa shape index (κ1) is 24.4. The number of amides is 1. The minimum atomic E-state index is -4.78. The van der Waals surface area contributed by atoms with Crippen LogP contribution in [0.2, 0.25) is 0 Å². The highest BCUT2D eigenvalue weighted by atomic mass is 32.1. The van der Waals surface area contributed by atoms with Crippen molar-refractivity contribution in [2.24, 2.45) is 0 Å². The second-order valence-electron chi connectivity index (χ2n) is 7.80. The van der Waals surface area contributed by atoms with Gasteiger partial charge in [-0.3, -0.25) is 9.69 Å². The third-order valence-electron chi connectivity index (χ3n) is 5.10. The lowest BCUT2D eigenvalue weighted by molar-refractivity contribution is -0.137. The van der Waals surface area contributed by atoms with E-state index in [0.29, 0.717) is 11.4 Å². The molecule has 33 heavy (non-hydrogen) atoms. The van der Waals surface area contributed by atoms with Gasteiger partial charge in [-0.15, -0.1) is 0 Å². The normalized spacial score (nSPS) is 16.7. The van der Waals surface area contributed by atoms with Crippen molar-refractivity contribution < 1.29 is 32.9 Å². The van der Waals surface area contributed by atoms with Crippen LogP contribution >= 0.6 is 12.2 Å². The number of aliphatic hydroxyl groups is 2. The lowest BCUT2D eigenvalue weighted by Gasteiger charge is -2.29. The van der Waals surface area contributed by atoms with Crippen LogP contribution < -0.4 is 14.5 Å². The summed E-state index contributed by atoms with van der Waals surface area (Å²) in [6, 6.07) is 10.9. The minimum absolute atomic E-state index is 0.0211. The summed E-state index contributed by atoms with van der Waals surface area (Å²) < 4.78 is 45.6. The molecule has 0 bridgehead atoms. The number of hydrogen-bond donors (Lipinski definition) is 2. The lowest BCUT2D eigenvalue weighted by atomic mass is 10.0. The topological polar surface area (TPSA) is 97.0 Å². The van der Waals surface area contributed by atoms with E-state index in [1.165, 1.54) is 17.0 Å². The predicted octanol–water partition coefficient (Wildman–Crippen LogP) is 3.23. The quantitative estimate of drug-likeness (QED) is 0.614. The monoisotopic (exact) mass is 479 g/mol. The smallest absolute Gasteiger partial charge is 0.417 e.